The van der Waals surface area contributed by atoms with Crippen LogP contribution >= 0.6 is 0 Å². The Kier molecular flexibility index (Phi) is 6.02. The smallest absolute Gasteiger partial charge is 0.416 e. The van der Waals surface area contributed by atoms with E-state index in [4.69, 9.17) is 9.84 Å². The molecule has 0 bridgehead atoms. The molecule has 1 aromatic carbocycles. The lowest BCUT2D eigenvalue weighted by molar-refractivity contribution is -0.137. The molecule has 0 unspecified atom stereocenters. The molecule has 1 aliphatic rings. The summed E-state index contributed by atoms with van der Waals surface area (Å²) in [5.74, 6) is -0.160. The number of alkyl halides is 3. The molecule has 0 radical (unpaired) electrons. The number of ether oxygens (including phenoxy) is 1. The van der Waals surface area contributed by atoms with Gasteiger partial charge in [-0.05, 0) is 37.0 Å². The first-order valence-corrected chi connectivity index (χ1v) is 10.4. The Labute approximate surface area is 169 Å². The molecule has 30 heavy (non-hydrogen) atoms. The summed E-state index contributed by atoms with van der Waals surface area (Å²) in [6.45, 7) is 0. The fourth-order valence-corrected chi connectivity index (χ4v) is 4.40. The number of nitrogens with one attached hydrogen (secondary N) is 1. The van der Waals surface area contributed by atoms with Crippen LogP contribution in [0.5, 0.6) is 11.6 Å². The van der Waals surface area contributed by atoms with Crippen molar-refractivity contribution in [3.63, 3.8) is 0 Å². The molecule has 160 valence electrons. The standard InChI is InChI=1S/C18H16F3N3O5S/c19-18(20,21)12-8-11(6-7-30(27,28)14-4-2-1-3-5-14)9-13(10-12)29-16-15(17(25)26)22-24-23-16/h8-10,14H,1-5H2,(H,25,26)(H,22,23,24). The Morgan fingerprint density at radius 2 is 1.90 bits per heavy atom. The Hall–Kier alpha value is -3.07. The van der Waals surface area contributed by atoms with E-state index in [0.29, 0.717) is 25.0 Å². The van der Waals surface area contributed by atoms with Gasteiger partial charge >= 0.3 is 12.1 Å². The fourth-order valence-electron chi connectivity index (χ4n) is 3.02. The molecule has 0 amide bonds. The number of halogens is 3. The van der Waals surface area contributed by atoms with Crippen LogP contribution < -0.4 is 4.74 Å². The van der Waals surface area contributed by atoms with Crippen molar-refractivity contribution in [3.05, 3.63) is 35.0 Å². The third kappa shape index (κ3) is 5.10. The van der Waals surface area contributed by atoms with Crippen LogP contribution in [0.25, 0.3) is 0 Å². The average Bonchev–Trinajstić information content (AvgIpc) is 3.15. The van der Waals surface area contributed by atoms with Crippen LogP contribution in [0, 0.1) is 11.2 Å². The summed E-state index contributed by atoms with van der Waals surface area (Å²) in [5.41, 5.74) is -1.95. The number of benzene rings is 1. The maximum absolute atomic E-state index is 13.2. The molecule has 0 atom stereocenters. The average molecular weight is 443 g/mol. The van der Waals surface area contributed by atoms with Crippen molar-refractivity contribution < 1.29 is 36.2 Å². The molecular formula is C18H16F3N3O5S. The number of H-pyrrole nitrogens is 1. The summed E-state index contributed by atoms with van der Waals surface area (Å²) in [7, 11) is -3.80. The highest BCUT2D eigenvalue weighted by Gasteiger charge is 2.32. The van der Waals surface area contributed by atoms with E-state index in [1.807, 2.05) is 0 Å². The minimum atomic E-state index is -4.77. The molecule has 2 aromatic rings. The first kappa shape index (κ1) is 21.6. The second-order valence-corrected chi connectivity index (χ2v) is 8.64. The topological polar surface area (TPSA) is 122 Å². The van der Waals surface area contributed by atoms with E-state index in [-0.39, 0.29) is 5.56 Å². The number of aromatic amines is 1. The molecule has 1 fully saturated rings. The predicted molar refractivity (Wildman–Crippen MR) is 97.5 cm³/mol. The van der Waals surface area contributed by atoms with Crippen molar-refractivity contribution in [3.8, 4) is 22.8 Å². The Morgan fingerprint density at radius 3 is 2.53 bits per heavy atom. The number of aromatic nitrogens is 3. The van der Waals surface area contributed by atoms with Crippen LogP contribution in [0.2, 0.25) is 0 Å². The van der Waals surface area contributed by atoms with E-state index in [1.165, 1.54) is 0 Å². The van der Waals surface area contributed by atoms with Crippen molar-refractivity contribution in [1.82, 2.24) is 15.4 Å². The number of carboxylic acid groups (broad SMARTS) is 1. The highest BCUT2D eigenvalue weighted by atomic mass is 32.2. The van der Waals surface area contributed by atoms with Gasteiger partial charge in [-0.25, -0.2) is 18.3 Å². The Morgan fingerprint density at radius 1 is 1.20 bits per heavy atom. The largest absolute Gasteiger partial charge is 0.476 e. The Balaban J connectivity index is 1.96. The first-order valence-electron chi connectivity index (χ1n) is 8.87. The van der Waals surface area contributed by atoms with Crippen LogP contribution in [-0.4, -0.2) is 40.2 Å². The van der Waals surface area contributed by atoms with Gasteiger partial charge in [0, 0.05) is 10.8 Å². The number of rotatable bonds is 4. The predicted octanol–water partition coefficient (Wildman–Crippen LogP) is 3.37. The van der Waals surface area contributed by atoms with Crippen LogP contribution in [0.15, 0.2) is 18.2 Å². The van der Waals surface area contributed by atoms with Crippen molar-refractivity contribution in [2.75, 3.05) is 0 Å². The zero-order valence-corrected chi connectivity index (χ0v) is 16.2. The quantitative estimate of drug-likeness (QED) is 0.695. The lowest BCUT2D eigenvalue weighted by atomic mass is 10.0. The number of carboxylic acids is 1. The summed E-state index contributed by atoms with van der Waals surface area (Å²) >= 11 is 0. The van der Waals surface area contributed by atoms with E-state index < -0.39 is 50.1 Å². The van der Waals surface area contributed by atoms with Gasteiger partial charge < -0.3 is 9.84 Å². The van der Waals surface area contributed by atoms with Gasteiger partial charge in [-0.2, -0.15) is 13.2 Å². The molecule has 1 aliphatic carbocycles. The molecule has 1 saturated carbocycles. The molecule has 3 rings (SSSR count). The number of carbonyl (C=O) groups is 1. The third-order valence-corrected chi connectivity index (χ3v) is 6.24. The molecule has 0 spiro atoms. The van der Waals surface area contributed by atoms with Crippen molar-refractivity contribution in [2.24, 2.45) is 0 Å². The van der Waals surface area contributed by atoms with Gasteiger partial charge in [-0.1, -0.05) is 29.6 Å². The SMILES string of the molecule is O=C(O)c1[nH]nnc1Oc1cc(C#CS(=O)(=O)C2CCCCC2)cc(C(F)(F)F)c1. The van der Waals surface area contributed by atoms with Crippen molar-refractivity contribution in [1.29, 1.82) is 0 Å². The van der Waals surface area contributed by atoms with E-state index in [1.54, 1.807) is 0 Å². The van der Waals surface area contributed by atoms with Crippen molar-refractivity contribution in [2.45, 2.75) is 43.5 Å². The molecule has 2 N–H and O–H groups in total. The molecule has 8 nitrogen and oxygen atoms in total. The molecule has 12 heteroatoms. The van der Waals surface area contributed by atoms with Gasteiger partial charge in [-0.15, -0.1) is 0 Å². The van der Waals surface area contributed by atoms with Crippen LogP contribution in [0.4, 0.5) is 13.2 Å². The minimum absolute atomic E-state index is 0.250. The van der Waals surface area contributed by atoms with E-state index >= 15 is 0 Å². The number of sulfone groups is 1. The summed E-state index contributed by atoms with van der Waals surface area (Å²) in [6, 6.07) is 2.39. The summed E-state index contributed by atoms with van der Waals surface area (Å²) in [4.78, 5) is 11.1. The van der Waals surface area contributed by atoms with Gasteiger partial charge in [0.1, 0.15) is 5.75 Å². The second kappa shape index (κ2) is 8.35. The summed E-state index contributed by atoms with van der Waals surface area (Å²) < 4.78 is 69.7. The Bertz CT molecular complexity index is 1110. The number of nitrogens with zero attached hydrogens (tertiary/aromatic N) is 2. The maximum Gasteiger partial charge on any atom is 0.416 e. The highest BCUT2D eigenvalue weighted by Crippen LogP contribution is 2.34. The lowest BCUT2D eigenvalue weighted by Gasteiger charge is -2.18. The summed E-state index contributed by atoms with van der Waals surface area (Å²) in [6.07, 6.45) is -1.37. The zero-order valence-electron chi connectivity index (χ0n) is 15.4. The number of hydrogen-bond acceptors (Lipinski definition) is 6. The molecular weight excluding hydrogens is 427 g/mol. The van der Waals surface area contributed by atoms with Gasteiger partial charge in [0.05, 0.1) is 10.8 Å². The molecule has 0 aliphatic heterocycles. The van der Waals surface area contributed by atoms with Crippen LogP contribution in [0.1, 0.15) is 53.7 Å². The summed E-state index contributed by atoms with van der Waals surface area (Å²) in [5, 5.41) is 19.2. The van der Waals surface area contributed by atoms with Crippen LogP contribution in [-0.2, 0) is 16.0 Å². The lowest BCUT2D eigenvalue weighted by Crippen LogP contribution is -2.22. The number of hydrogen-bond donors (Lipinski definition) is 2. The van der Waals surface area contributed by atoms with E-state index in [0.717, 1.165) is 25.3 Å². The highest BCUT2D eigenvalue weighted by molar-refractivity contribution is 7.96. The zero-order chi connectivity index (χ0) is 21.9. The van der Waals surface area contributed by atoms with Gasteiger partial charge in [0.25, 0.3) is 5.88 Å². The van der Waals surface area contributed by atoms with Crippen LogP contribution in [0.3, 0.4) is 0 Å². The molecule has 0 saturated heterocycles. The van der Waals surface area contributed by atoms with Gasteiger partial charge in [-0.3, -0.25) is 0 Å². The second-order valence-electron chi connectivity index (χ2n) is 6.68. The molecule has 1 aromatic heterocycles. The normalized spacial score (nSPS) is 15.3. The first-order chi connectivity index (χ1) is 14.1. The van der Waals surface area contributed by atoms with Crippen molar-refractivity contribution >= 4 is 15.8 Å². The molecule has 1 heterocycles. The van der Waals surface area contributed by atoms with E-state index in [2.05, 4.69) is 26.6 Å². The fraction of sp³-hybridized carbons (Fsp3) is 0.389. The monoisotopic (exact) mass is 443 g/mol. The number of aromatic carboxylic acids is 1. The van der Waals surface area contributed by atoms with Gasteiger partial charge in [0.15, 0.2) is 0 Å². The maximum atomic E-state index is 13.2. The van der Waals surface area contributed by atoms with E-state index in [9.17, 15) is 26.4 Å². The van der Waals surface area contributed by atoms with Gasteiger partial charge in [0.2, 0.25) is 15.5 Å². The third-order valence-electron chi connectivity index (χ3n) is 4.51. The minimum Gasteiger partial charge on any atom is -0.476 e.